The second-order valence-corrected chi connectivity index (χ2v) is 6.24. The van der Waals surface area contributed by atoms with Crippen LogP contribution in [0.15, 0.2) is 18.2 Å². The van der Waals surface area contributed by atoms with Crippen LogP contribution < -0.4 is 10.2 Å². The van der Waals surface area contributed by atoms with E-state index in [1.165, 1.54) is 23.5 Å². The van der Waals surface area contributed by atoms with E-state index in [0.29, 0.717) is 21.9 Å². The van der Waals surface area contributed by atoms with Gasteiger partial charge in [-0.15, -0.1) is 0 Å². The average Bonchev–Trinajstić information content (AvgIpc) is 2.72. The lowest BCUT2D eigenvalue weighted by atomic mass is 10.2. The molecular formula is C13H13F3N4O2S. The van der Waals surface area contributed by atoms with Gasteiger partial charge in [0.2, 0.25) is 0 Å². The first-order valence-corrected chi connectivity index (χ1v) is 7.76. The molecule has 1 aliphatic heterocycles. The summed E-state index contributed by atoms with van der Waals surface area (Å²) in [5.41, 5.74) is 0.586. The van der Waals surface area contributed by atoms with Crippen LogP contribution in [0.25, 0.3) is 10.2 Å². The maximum Gasteiger partial charge on any atom is 0.403 e. The third-order valence-electron chi connectivity index (χ3n) is 3.70. The number of alkyl halides is 3. The molecule has 3 rings (SSSR count). The lowest BCUT2D eigenvalue weighted by Crippen LogP contribution is -2.42. The highest BCUT2D eigenvalue weighted by Crippen LogP contribution is 2.32. The molecule has 1 fully saturated rings. The fourth-order valence-electron chi connectivity index (χ4n) is 2.49. The van der Waals surface area contributed by atoms with Crippen LogP contribution in [0.3, 0.4) is 0 Å². The summed E-state index contributed by atoms with van der Waals surface area (Å²) in [6.07, 6.45) is -4.32. The van der Waals surface area contributed by atoms with E-state index in [-0.39, 0.29) is 25.2 Å². The van der Waals surface area contributed by atoms with E-state index in [1.54, 1.807) is 11.0 Å². The first kappa shape index (κ1) is 15.9. The summed E-state index contributed by atoms with van der Waals surface area (Å²) in [5.74, 6) is 0. The van der Waals surface area contributed by atoms with Crippen LogP contribution in [0.5, 0.6) is 0 Å². The molecular weight excluding hydrogens is 333 g/mol. The summed E-state index contributed by atoms with van der Waals surface area (Å²) in [4.78, 5) is 16.5. The second-order valence-electron chi connectivity index (χ2n) is 5.23. The van der Waals surface area contributed by atoms with Gasteiger partial charge in [0, 0.05) is 31.8 Å². The Morgan fingerprint density at radius 2 is 2.17 bits per heavy atom. The summed E-state index contributed by atoms with van der Waals surface area (Å²) < 4.78 is 39.0. The third kappa shape index (κ3) is 3.37. The molecule has 2 aromatic rings. The number of thiazole rings is 1. The first-order valence-electron chi connectivity index (χ1n) is 6.94. The summed E-state index contributed by atoms with van der Waals surface area (Å²) in [6.45, 7) is 0.855. The number of hydrogen-bond acceptors (Lipinski definition) is 6. The van der Waals surface area contributed by atoms with E-state index in [2.05, 4.69) is 10.3 Å². The summed E-state index contributed by atoms with van der Waals surface area (Å²) in [6, 6.07) is 2.85. The van der Waals surface area contributed by atoms with Crippen molar-refractivity contribution in [1.82, 2.24) is 10.3 Å². The number of non-ortho nitro benzene ring substituents is 1. The molecule has 1 unspecified atom stereocenters. The van der Waals surface area contributed by atoms with Crippen LogP contribution in [0.1, 0.15) is 6.42 Å². The Morgan fingerprint density at radius 1 is 1.39 bits per heavy atom. The summed E-state index contributed by atoms with van der Waals surface area (Å²) >= 11 is 1.25. The van der Waals surface area contributed by atoms with Crippen molar-refractivity contribution in [2.45, 2.75) is 18.6 Å². The molecule has 1 aromatic carbocycles. The van der Waals surface area contributed by atoms with Gasteiger partial charge in [0.1, 0.15) is 6.04 Å². The number of aromatic nitrogens is 1. The van der Waals surface area contributed by atoms with Crippen molar-refractivity contribution in [2.75, 3.05) is 24.5 Å². The van der Waals surface area contributed by atoms with Crippen molar-refractivity contribution in [3.63, 3.8) is 0 Å². The SMILES string of the molecule is O=[N+]([O-])c1ccc2nc(N3CCNC(C(F)(F)F)CC3)sc2c1. The molecule has 0 radical (unpaired) electrons. The van der Waals surface area contributed by atoms with Crippen molar-refractivity contribution in [2.24, 2.45) is 0 Å². The molecule has 0 bridgehead atoms. The molecule has 1 saturated heterocycles. The van der Waals surface area contributed by atoms with Crippen molar-refractivity contribution in [3.8, 4) is 0 Å². The molecule has 1 atom stereocenters. The zero-order valence-electron chi connectivity index (χ0n) is 11.8. The number of benzene rings is 1. The van der Waals surface area contributed by atoms with Crippen LogP contribution >= 0.6 is 11.3 Å². The van der Waals surface area contributed by atoms with Crippen molar-refractivity contribution in [3.05, 3.63) is 28.3 Å². The fraction of sp³-hybridized carbons (Fsp3) is 0.462. The number of halogens is 3. The van der Waals surface area contributed by atoms with Crippen molar-refractivity contribution in [1.29, 1.82) is 0 Å². The zero-order valence-corrected chi connectivity index (χ0v) is 12.7. The van der Waals surface area contributed by atoms with Gasteiger partial charge in [-0.1, -0.05) is 11.3 Å². The van der Waals surface area contributed by atoms with Crippen LogP contribution in [0.4, 0.5) is 24.0 Å². The van der Waals surface area contributed by atoms with Gasteiger partial charge in [0.15, 0.2) is 5.13 Å². The van der Waals surface area contributed by atoms with E-state index >= 15 is 0 Å². The van der Waals surface area contributed by atoms with E-state index in [1.807, 2.05) is 0 Å². The number of fused-ring (bicyclic) bond motifs is 1. The number of nitro benzene ring substituents is 1. The Kier molecular flexibility index (Phi) is 4.11. The Morgan fingerprint density at radius 3 is 2.87 bits per heavy atom. The lowest BCUT2D eigenvalue weighted by Gasteiger charge is -2.20. The second kappa shape index (κ2) is 5.93. The number of nitro groups is 1. The first-order chi connectivity index (χ1) is 10.8. The van der Waals surface area contributed by atoms with E-state index < -0.39 is 17.1 Å². The molecule has 0 aliphatic carbocycles. The van der Waals surface area contributed by atoms with E-state index in [4.69, 9.17) is 0 Å². The Bertz CT molecular complexity index is 734. The number of hydrogen-bond donors (Lipinski definition) is 1. The minimum atomic E-state index is -4.26. The number of nitrogens with one attached hydrogen (secondary N) is 1. The van der Waals surface area contributed by atoms with Gasteiger partial charge in [0.25, 0.3) is 5.69 Å². The Balaban J connectivity index is 1.81. The van der Waals surface area contributed by atoms with Gasteiger partial charge >= 0.3 is 6.18 Å². The molecule has 10 heteroatoms. The Hall–Kier alpha value is -1.94. The van der Waals surface area contributed by atoms with Crippen LogP contribution in [-0.2, 0) is 0 Å². The maximum atomic E-state index is 12.8. The smallest absolute Gasteiger partial charge is 0.347 e. The van der Waals surface area contributed by atoms with E-state index in [0.717, 1.165) is 0 Å². The monoisotopic (exact) mass is 346 g/mol. The zero-order chi connectivity index (χ0) is 16.6. The average molecular weight is 346 g/mol. The minimum absolute atomic E-state index is 0.0256. The largest absolute Gasteiger partial charge is 0.403 e. The van der Waals surface area contributed by atoms with E-state index in [9.17, 15) is 23.3 Å². The van der Waals surface area contributed by atoms with Crippen LogP contribution in [0, 0.1) is 10.1 Å². The number of nitrogens with zero attached hydrogens (tertiary/aromatic N) is 3. The highest BCUT2D eigenvalue weighted by atomic mass is 32.1. The van der Waals surface area contributed by atoms with Gasteiger partial charge in [-0.05, 0) is 12.5 Å². The van der Waals surface area contributed by atoms with Gasteiger partial charge < -0.3 is 10.2 Å². The molecule has 6 nitrogen and oxygen atoms in total. The highest BCUT2D eigenvalue weighted by Gasteiger charge is 2.40. The van der Waals surface area contributed by atoms with Crippen molar-refractivity contribution >= 4 is 32.4 Å². The lowest BCUT2D eigenvalue weighted by molar-refractivity contribution is -0.384. The highest BCUT2D eigenvalue weighted by molar-refractivity contribution is 7.22. The molecule has 1 aromatic heterocycles. The standard InChI is InChI=1S/C13H13F3N4O2S/c14-13(15,16)11-3-5-19(6-4-17-11)12-18-9-2-1-8(20(21)22)7-10(9)23-12/h1-2,7,11,17H,3-6H2. The van der Waals surface area contributed by atoms with Gasteiger partial charge in [-0.3, -0.25) is 10.1 Å². The molecule has 2 heterocycles. The number of anilines is 1. The Labute approximate surface area is 133 Å². The van der Waals surface area contributed by atoms with Gasteiger partial charge in [-0.2, -0.15) is 13.2 Å². The number of rotatable bonds is 2. The molecule has 124 valence electrons. The third-order valence-corrected chi connectivity index (χ3v) is 4.78. The van der Waals surface area contributed by atoms with Crippen LogP contribution in [-0.4, -0.2) is 41.8 Å². The molecule has 23 heavy (non-hydrogen) atoms. The topological polar surface area (TPSA) is 71.3 Å². The quantitative estimate of drug-likeness (QED) is 0.669. The fourth-order valence-corrected chi connectivity index (χ4v) is 3.54. The molecule has 0 saturated carbocycles. The predicted molar refractivity (Wildman–Crippen MR) is 81.0 cm³/mol. The normalized spacial score (nSPS) is 19.8. The molecule has 1 N–H and O–H groups in total. The van der Waals surface area contributed by atoms with Gasteiger partial charge in [0.05, 0.1) is 15.1 Å². The summed E-state index contributed by atoms with van der Waals surface area (Å²) in [7, 11) is 0. The van der Waals surface area contributed by atoms with Gasteiger partial charge in [-0.25, -0.2) is 4.98 Å². The van der Waals surface area contributed by atoms with Crippen molar-refractivity contribution < 1.29 is 18.1 Å². The molecule has 0 spiro atoms. The minimum Gasteiger partial charge on any atom is -0.347 e. The maximum absolute atomic E-state index is 12.8. The van der Waals surface area contributed by atoms with Crippen LogP contribution in [0.2, 0.25) is 0 Å². The predicted octanol–water partition coefficient (Wildman–Crippen LogP) is 2.94. The molecule has 1 aliphatic rings. The molecule has 0 amide bonds. The summed E-state index contributed by atoms with van der Waals surface area (Å²) in [5, 5.41) is 13.9.